The van der Waals surface area contributed by atoms with E-state index in [1.165, 1.54) is 18.4 Å². The van der Waals surface area contributed by atoms with E-state index in [1.807, 2.05) is 0 Å². The van der Waals surface area contributed by atoms with E-state index in [0.717, 1.165) is 25.2 Å². The molecule has 1 fully saturated rings. The summed E-state index contributed by atoms with van der Waals surface area (Å²) in [7, 11) is 0. The van der Waals surface area contributed by atoms with Crippen molar-refractivity contribution in [2.75, 3.05) is 13.1 Å². The fraction of sp³-hybridized carbons (Fsp3) is 0.615. The van der Waals surface area contributed by atoms with Crippen LogP contribution in [0.1, 0.15) is 44.8 Å². The molecule has 1 saturated heterocycles. The highest BCUT2D eigenvalue weighted by Crippen LogP contribution is 2.14. The van der Waals surface area contributed by atoms with Gasteiger partial charge in [0.2, 0.25) is 0 Å². The van der Waals surface area contributed by atoms with E-state index < -0.39 is 0 Å². The third kappa shape index (κ3) is 2.73. The van der Waals surface area contributed by atoms with Crippen molar-refractivity contribution in [3.8, 4) is 0 Å². The van der Waals surface area contributed by atoms with Crippen molar-refractivity contribution in [3.05, 3.63) is 23.5 Å². The summed E-state index contributed by atoms with van der Waals surface area (Å²) in [5.74, 6) is 0. The van der Waals surface area contributed by atoms with Crippen LogP contribution in [0, 0.1) is 0 Å². The molecular formula is C13H21N3. The molecule has 0 aliphatic carbocycles. The molecule has 1 unspecified atom stereocenters. The summed E-state index contributed by atoms with van der Waals surface area (Å²) in [5.41, 5.74) is 2.57. The van der Waals surface area contributed by atoms with Crippen molar-refractivity contribution >= 4 is 6.08 Å². The minimum atomic E-state index is 0.497. The van der Waals surface area contributed by atoms with Crippen molar-refractivity contribution in [1.29, 1.82) is 0 Å². The first-order valence-electron chi connectivity index (χ1n) is 6.25. The molecule has 3 nitrogen and oxygen atoms in total. The summed E-state index contributed by atoms with van der Waals surface area (Å²) in [6, 6.07) is 2.60. The van der Waals surface area contributed by atoms with E-state index in [2.05, 4.69) is 47.3 Å². The number of hydrogen-bond acceptors (Lipinski definition) is 2. The van der Waals surface area contributed by atoms with Crippen molar-refractivity contribution in [2.45, 2.75) is 39.2 Å². The minimum Gasteiger partial charge on any atom is -0.313 e. The average molecular weight is 219 g/mol. The summed E-state index contributed by atoms with van der Waals surface area (Å²) in [4.78, 5) is 0. The average Bonchev–Trinajstić information content (AvgIpc) is 2.78. The molecule has 1 aromatic rings. The van der Waals surface area contributed by atoms with Crippen LogP contribution in [0.4, 0.5) is 0 Å². The maximum Gasteiger partial charge on any atom is 0.0851 e. The van der Waals surface area contributed by atoms with Crippen LogP contribution in [-0.2, 0) is 0 Å². The molecule has 16 heavy (non-hydrogen) atoms. The molecule has 1 aliphatic heterocycles. The lowest BCUT2D eigenvalue weighted by Gasteiger charge is -2.14. The van der Waals surface area contributed by atoms with E-state index >= 15 is 0 Å². The molecule has 1 atom stereocenters. The Hall–Kier alpha value is -1.09. The van der Waals surface area contributed by atoms with Gasteiger partial charge < -0.3 is 5.32 Å². The third-order valence-corrected chi connectivity index (χ3v) is 3.23. The summed E-state index contributed by atoms with van der Waals surface area (Å²) in [6.45, 7) is 6.57. The van der Waals surface area contributed by atoms with E-state index in [1.54, 1.807) is 0 Å². The molecule has 0 aromatic carbocycles. The second-order valence-electron chi connectivity index (χ2n) is 4.56. The first-order chi connectivity index (χ1) is 7.79. The zero-order chi connectivity index (χ0) is 11.4. The third-order valence-electron chi connectivity index (χ3n) is 3.23. The van der Waals surface area contributed by atoms with Gasteiger partial charge in [0.15, 0.2) is 0 Å². The first kappa shape index (κ1) is 11.4. The van der Waals surface area contributed by atoms with Crippen molar-refractivity contribution in [3.63, 3.8) is 0 Å². The molecule has 88 valence electrons. The van der Waals surface area contributed by atoms with Crippen LogP contribution >= 0.6 is 0 Å². The Morgan fingerprint density at radius 2 is 2.50 bits per heavy atom. The maximum atomic E-state index is 4.59. The molecule has 0 radical (unpaired) electrons. The molecule has 0 bridgehead atoms. The van der Waals surface area contributed by atoms with Crippen molar-refractivity contribution in [1.82, 2.24) is 15.1 Å². The molecule has 2 rings (SSSR count). The quantitative estimate of drug-likeness (QED) is 0.847. The van der Waals surface area contributed by atoms with Gasteiger partial charge in [-0.3, -0.25) is 4.68 Å². The zero-order valence-electron chi connectivity index (χ0n) is 10.2. The highest BCUT2D eigenvalue weighted by molar-refractivity contribution is 5.49. The lowest BCUT2D eigenvalue weighted by Crippen LogP contribution is -2.23. The second kappa shape index (κ2) is 5.30. The van der Waals surface area contributed by atoms with Crippen LogP contribution in [0.15, 0.2) is 17.8 Å². The van der Waals surface area contributed by atoms with Gasteiger partial charge in [0.25, 0.3) is 0 Å². The van der Waals surface area contributed by atoms with Crippen LogP contribution in [0.25, 0.3) is 6.08 Å². The highest BCUT2D eigenvalue weighted by Gasteiger charge is 2.06. The lowest BCUT2D eigenvalue weighted by atomic mass is 10.1. The molecule has 2 heterocycles. The van der Waals surface area contributed by atoms with Gasteiger partial charge in [0, 0.05) is 18.8 Å². The number of hydrogen-bond donors (Lipinski definition) is 1. The van der Waals surface area contributed by atoms with Crippen LogP contribution < -0.4 is 5.32 Å². The molecule has 1 aromatic heterocycles. The Morgan fingerprint density at radius 3 is 3.19 bits per heavy atom. The van der Waals surface area contributed by atoms with Gasteiger partial charge in [0.1, 0.15) is 0 Å². The molecule has 0 amide bonds. The largest absolute Gasteiger partial charge is 0.313 e. The summed E-state index contributed by atoms with van der Waals surface area (Å²) in [6.07, 6.45) is 7.89. The van der Waals surface area contributed by atoms with E-state index in [-0.39, 0.29) is 0 Å². The molecule has 3 heteroatoms. The highest BCUT2D eigenvalue weighted by atomic mass is 15.3. The molecular weight excluding hydrogens is 198 g/mol. The van der Waals surface area contributed by atoms with E-state index in [4.69, 9.17) is 0 Å². The van der Waals surface area contributed by atoms with Crippen LogP contribution in [0.2, 0.25) is 0 Å². The first-order valence-corrected chi connectivity index (χ1v) is 6.25. The standard InChI is InChI=1S/C13H21N3/c1-3-11(2)16-8-6-13(15-16)9-12-5-4-7-14-10-12/h6,8-9,11,14H,3-5,7,10H2,1-2H3. The van der Waals surface area contributed by atoms with Gasteiger partial charge in [-0.15, -0.1) is 0 Å². The predicted octanol–water partition coefficient (Wildman–Crippen LogP) is 2.62. The fourth-order valence-corrected chi connectivity index (χ4v) is 1.97. The van der Waals surface area contributed by atoms with E-state index in [9.17, 15) is 0 Å². The van der Waals surface area contributed by atoms with Crippen LogP contribution in [0.5, 0.6) is 0 Å². The summed E-state index contributed by atoms with van der Waals surface area (Å²) in [5, 5.41) is 7.98. The number of nitrogens with zero attached hydrogens (tertiary/aromatic N) is 2. The SMILES string of the molecule is CCC(C)n1ccc(C=C2CCCNC2)n1. The zero-order valence-corrected chi connectivity index (χ0v) is 10.2. The van der Waals surface area contributed by atoms with Crippen molar-refractivity contribution < 1.29 is 0 Å². The summed E-state index contributed by atoms with van der Waals surface area (Å²) < 4.78 is 2.06. The lowest BCUT2D eigenvalue weighted by molar-refractivity contribution is 0.477. The molecule has 1 N–H and O–H groups in total. The minimum absolute atomic E-state index is 0.497. The van der Waals surface area contributed by atoms with Crippen molar-refractivity contribution in [2.24, 2.45) is 0 Å². The Labute approximate surface area is 97.5 Å². The summed E-state index contributed by atoms with van der Waals surface area (Å²) >= 11 is 0. The maximum absolute atomic E-state index is 4.59. The molecule has 0 spiro atoms. The monoisotopic (exact) mass is 219 g/mol. The molecule has 0 saturated carbocycles. The second-order valence-corrected chi connectivity index (χ2v) is 4.56. The number of piperidine rings is 1. The van der Waals surface area contributed by atoms with Crippen LogP contribution in [0.3, 0.4) is 0 Å². The van der Waals surface area contributed by atoms with Gasteiger partial charge in [-0.05, 0) is 44.9 Å². The topological polar surface area (TPSA) is 29.9 Å². The van der Waals surface area contributed by atoms with Gasteiger partial charge in [-0.1, -0.05) is 12.5 Å². The number of nitrogens with one attached hydrogen (secondary N) is 1. The fourth-order valence-electron chi connectivity index (χ4n) is 1.97. The Kier molecular flexibility index (Phi) is 3.78. The van der Waals surface area contributed by atoms with Gasteiger partial charge in [-0.2, -0.15) is 5.10 Å². The Bertz CT molecular complexity index is 357. The smallest absolute Gasteiger partial charge is 0.0851 e. The molecule has 1 aliphatic rings. The van der Waals surface area contributed by atoms with Crippen LogP contribution in [-0.4, -0.2) is 22.9 Å². The van der Waals surface area contributed by atoms with Gasteiger partial charge in [-0.25, -0.2) is 0 Å². The normalized spacial score (nSPS) is 21.2. The number of aromatic nitrogens is 2. The van der Waals surface area contributed by atoms with E-state index in [0.29, 0.717) is 6.04 Å². The predicted molar refractivity (Wildman–Crippen MR) is 67.3 cm³/mol. The Balaban J connectivity index is 2.06. The van der Waals surface area contributed by atoms with Gasteiger partial charge >= 0.3 is 0 Å². The number of rotatable bonds is 3. The Morgan fingerprint density at radius 1 is 1.62 bits per heavy atom. The van der Waals surface area contributed by atoms with Gasteiger partial charge in [0.05, 0.1) is 5.69 Å².